The van der Waals surface area contributed by atoms with E-state index in [0.29, 0.717) is 28.4 Å². The molecule has 0 radical (unpaired) electrons. The van der Waals surface area contributed by atoms with Crippen LogP contribution in [0.2, 0.25) is 5.02 Å². The zero-order valence-electron chi connectivity index (χ0n) is 11.6. The molecule has 0 unspecified atom stereocenters. The van der Waals surface area contributed by atoms with Gasteiger partial charge in [-0.25, -0.2) is 9.97 Å². The Morgan fingerprint density at radius 2 is 2.05 bits per heavy atom. The molecule has 1 aromatic carbocycles. The fourth-order valence-corrected chi connectivity index (χ4v) is 2.12. The normalized spacial score (nSPS) is 13.8. The summed E-state index contributed by atoms with van der Waals surface area (Å²) in [6, 6.07) is 9.31. The minimum absolute atomic E-state index is 0.162. The Labute approximate surface area is 127 Å². The van der Waals surface area contributed by atoms with Gasteiger partial charge in [0.2, 0.25) is 0 Å². The van der Waals surface area contributed by atoms with Gasteiger partial charge >= 0.3 is 0 Å². The van der Waals surface area contributed by atoms with Crippen molar-refractivity contribution in [1.29, 1.82) is 0 Å². The fourth-order valence-electron chi connectivity index (χ4n) is 1.94. The molecule has 6 heteroatoms. The first-order valence-corrected chi connectivity index (χ1v) is 7.18. The third kappa shape index (κ3) is 3.49. The van der Waals surface area contributed by atoms with Gasteiger partial charge in [-0.1, -0.05) is 23.7 Å². The molecule has 108 valence electrons. The number of hydrogen-bond donors (Lipinski definition) is 2. The second-order valence-corrected chi connectivity index (χ2v) is 5.45. The fraction of sp³-hybridized carbons (Fsp3) is 0.267. The molecule has 2 N–H and O–H groups in total. The maximum atomic E-state index is 12.1. The zero-order chi connectivity index (χ0) is 14.8. The lowest BCUT2D eigenvalue weighted by Gasteiger charge is -2.10. The van der Waals surface area contributed by atoms with Crippen LogP contribution >= 0.6 is 11.6 Å². The molecule has 0 bridgehead atoms. The highest BCUT2D eigenvalue weighted by Gasteiger charge is 2.24. The van der Waals surface area contributed by atoms with E-state index >= 15 is 0 Å². The highest BCUT2D eigenvalue weighted by molar-refractivity contribution is 6.33. The van der Waals surface area contributed by atoms with E-state index in [1.54, 1.807) is 19.1 Å². The number of carbonyl (C=O) groups is 1. The second-order valence-electron chi connectivity index (χ2n) is 5.04. The minimum Gasteiger partial charge on any atom is -0.348 e. The summed E-state index contributed by atoms with van der Waals surface area (Å²) >= 11 is 6.11. The summed E-state index contributed by atoms with van der Waals surface area (Å²) in [5.74, 6) is 0.926. The van der Waals surface area contributed by atoms with Gasteiger partial charge in [0.1, 0.15) is 17.3 Å². The summed E-state index contributed by atoms with van der Waals surface area (Å²) in [6.45, 7) is 1.76. The Balaban J connectivity index is 1.83. The van der Waals surface area contributed by atoms with Gasteiger partial charge in [0.25, 0.3) is 5.91 Å². The minimum atomic E-state index is -0.162. The van der Waals surface area contributed by atoms with Crippen molar-refractivity contribution in [2.75, 3.05) is 5.32 Å². The molecule has 1 aliphatic carbocycles. The third-order valence-corrected chi connectivity index (χ3v) is 3.45. The molecule has 0 aliphatic heterocycles. The number of hydrogen-bond acceptors (Lipinski definition) is 4. The maximum absolute atomic E-state index is 12.1. The largest absolute Gasteiger partial charge is 0.348 e. The van der Waals surface area contributed by atoms with Crippen molar-refractivity contribution in [3.05, 3.63) is 46.9 Å². The van der Waals surface area contributed by atoms with Crippen molar-refractivity contribution in [1.82, 2.24) is 15.3 Å². The Morgan fingerprint density at radius 1 is 1.29 bits per heavy atom. The Morgan fingerprint density at radius 3 is 2.76 bits per heavy atom. The molecule has 2 aromatic rings. The van der Waals surface area contributed by atoms with Crippen LogP contribution < -0.4 is 10.6 Å². The first-order valence-electron chi connectivity index (χ1n) is 6.80. The van der Waals surface area contributed by atoms with E-state index in [-0.39, 0.29) is 5.91 Å². The number of benzene rings is 1. The van der Waals surface area contributed by atoms with Gasteiger partial charge in [0, 0.05) is 12.1 Å². The predicted molar refractivity (Wildman–Crippen MR) is 82.0 cm³/mol. The number of amides is 1. The van der Waals surface area contributed by atoms with Gasteiger partial charge in [-0.3, -0.25) is 4.79 Å². The van der Waals surface area contributed by atoms with Gasteiger partial charge in [0.05, 0.1) is 10.7 Å². The maximum Gasteiger partial charge on any atom is 0.270 e. The molecule has 1 amide bonds. The number of nitrogens with one attached hydrogen (secondary N) is 2. The summed E-state index contributed by atoms with van der Waals surface area (Å²) in [5.41, 5.74) is 1.11. The van der Waals surface area contributed by atoms with Crippen molar-refractivity contribution >= 4 is 29.0 Å². The zero-order valence-corrected chi connectivity index (χ0v) is 12.3. The van der Waals surface area contributed by atoms with E-state index in [4.69, 9.17) is 11.6 Å². The number of rotatable bonds is 4. The van der Waals surface area contributed by atoms with E-state index < -0.39 is 0 Å². The van der Waals surface area contributed by atoms with E-state index in [0.717, 1.165) is 18.5 Å². The van der Waals surface area contributed by atoms with E-state index in [2.05, 4.69) is 20.6 Å². The molecule has 1 fully saturated rings. The SMILES string of the molecule is Cc1nc(Nc2ccccc2Cl)cc(C(=O)NC2CC2)n1. The molecule has 1 saturated carbocycles. The number of aryl methyl sites for hydroxylation is 1. The average molecular weight is 303 g/mol. The van der Waals surface area contributed by atoms with Crippen LogP contribution in [0, 0.1) is 6.92 Å². The standard InChI is InChI=1S/C15H15ClN4O/c1-9-17-13(15(21)19-10-6-7-10)8-14(18-9)20-12-5-3-2-4-11(12)16/h2-5,8,10H,6-7H2,1H3,(H,19,21)(H,17,18,20). The first kappa shape index (κ1) is 13.8. The smallest absolute Gasteiger partial charge is 0.270 e. The van der Waals surface area contributed by atoms with Crippen molar-refractivity contribution in [2.24, 2.45) is 0 Å². The molecule has 3 rings (SSSR count). The van der Waals surface area contributed by atoms with Gasteiger partial charge < -0.3 is 10.6 Å². The highest BCUT2D eigenvalue weighted by Crippen LogP contribution is 2.24. The molecule has 1 aromatic heterocycles. The van der Waals surface area contributed by atoms with Crippen molar-refractivity contribution < 1.29 is 4.79 Å². The predicted octanol–water partition coefficient (Wildman–Crippen LogP) is 3.07. The van der Waals surface area contributed by atoms with Gasteiger partial charge in [-0.2, -0.15) is 0 Å². The second kappa shape index (κ2) is 5.69. The number of nitrogens with zero attached hydrogens (tertiary/aromatic N) is 2. The molecule has 5 nitrogen and oxygen atoms in total. The lowest BCUT2D eigenvalue weighted by Crippen LogP contribution is -2.26. The molecule has 1 heterocycles. The van der Waals surface area contributed by atoms with Gasteiger partial charge in [0.15, 0.2) is 0 Å². The summed E-state index contributed by atoms with van der Waals surface area (Å²) in [5, 5.41) is 6.63. The van der Waals surface area contributed by atoms with Crippen LogP contribution in [0.3, 0.4) is 0 Å². The van der Waals surface area contributed by atoms with E-state index in [9.17, 15) is 4.79 Å². The number of halogens is 1. The molecular weight excluding hydrogens is 288 g/mol. The van der Waals surface area contributed by atoms with E-state index in [1.807, 2.05) is 18.2 Å². The lowest BCUT2D eigenvalue weighted by molar-refractivity contribution is 0.0945. The van der Waals surface area contributed by atoms with Crippen molar-refractivity contribution in [3.8, 4) is 0 Å². The van der Waals surface area contributed by atoms with Crippen LogP contribution in [0.15, 0.2) is 30.3 Å². The lowest BCUT2D eigenvalue weighted by atomic mass is 10.3. The summed E-state index contributed by atoms with van der Waals surface area (Å²) in [4.78, 5) is 20.5. The van der Waals surface area contributed by atoms with Crippen LogP contribution in [0.25, 0.3) is 0 Å². The monoisotopic (exact) mass is 302 g/mol. The van der Waals surface area contributed by atoms with Gasteiger partial charge in [-0.05, 0) is 31.9 Å². The van der Waals surface area contributed by atoms with Crippen LogP contribution in [-0.2, 0) is 0 Å². The first-order chi connectivity index (χ1) is 10.1. The van der Waals surface area contributed by atoms with Gasteiger partial charge in [-0.15, -0.1) is 0 Å². The van der Waals surface area contributed by atoms with Crippen LogP contribution in [-0.4, -0.2) is 21.9 Å². The molecule has 0 spiro atoms. The summed E-state index contributed by atoms with van der Waals surface area (Å²) in [6.07, 6.45) is 2.08. The Kier molecular flexibility index (Phi) is 3.75. The molecule has 0 atom stereocenters. The number of para-hydroxylation sites is 1. The van der Waals surface area contributed by atoms with Crippen LogP contribution in [0.5, 0.6) is 0 Å². The number of aromatic nitrogens is 2. The van der Waals surface area contributed by atoms with E-state index in [1.165, 1.54) is 0 Å². The Hall–Kier alpha value is -2.14. The molecule has 0 saturated heterocycles. The average Bonchev–Trinajstić information content (AvgIpc) is 3.25. The quantitative estimate of drug-likeness (QED) is 0.911. The number of carbonyl (C=O) groups excluding carboxylic acids is 1. The third-order valence-electron chi connectivity index (χ3n) is 3.12. The summed E-state index contributed by atoms with van der Waals surface area (Å²) in [7, 11) is 0. The summed E-state index contributed by atoms with van der Waals surface area (Å²) < 4.78 is 0. The molecule has 21 heavy (non-hydrogen) atoms. The van der Waals surface area contributed by atoms with Crippen LogP contribution in [0.1, 0.15) is 29.2 Å². The molecule has 1 aliphatic rings. The van der Waals surface area contributed by atoms with Crippen molar-refractivity contribution in [3.63, 3.8) is 0 Å². The van der Waals surface area contributed by atoms with Crippen LogP contribution in [0.4, 0.5) is 11.5 Å². The van der Waals surface area contributed by atoms with Crippen molar-refractivity contribution in [2.45, 2.75) is 25.8 Å². The highest BCUT2D eigenvalue weighted by atomic mass is 35.5. The Bertz CT molecular complexity index is 685. The topological polar surface area (TPSA) is 66.9 Å². The number of anilines is 2. The molecular formula is C15H15ClN4O.